The molecule has 0 aliphatic carbocycles. The minimum absolute atomic E-state index is 0.0367. The fourth-order valence-electron chi connectivity index (χ4n) is 5.13. The van der Waals surface area contributed by atoms with Crippen molar-refractivity contribution in [3.05, 3.63) is 88.5 Å². The van der Waals surface area contributed by atoms with E-state index in [4.69, 9.17) is 4.74 Å². The first-order valence-corrected chi connectivity index (χ1v) is 12.6. The van der Waals surface area contributed by atoms with E-state index in [-0.39, 0.29) is 11.8 Å². The van der Waals surface area contributed by atoms with Crippen LogP contribution < -0.4 is 10.9 Å². The van der Waals surface area contributed by atoms with Gasteiger partial charge in [-0.3, -0.25) is 13.9 Å². The SMILES string of the molecule is Cc1cccc2cc(CCNc3nc4cnc(F)nc4n3C3CCCCO3)n(-c3ccccc3)c(=O)c12. The number of fused-ring (bicyclic) bond motifs is 2. The van der Waals surface area contributed by atoms with E-state index in [9.17, 15) is 9.18 Å². The molecule has 1 atom stereocenters. The molecule has 3 aromatic heterocycles. The van der Waals surface area contributed by atoms with Crippen LogP contribution in [-0.2, 0) is 11.2 Å². The number of hydrogen-bond donors (Lipinski definition) is 1. The maximum atomic E-state index is 13.9. The maximum absolute atomic E-state index is 13.9. The number of ether oxygens (including phenoxy) is 1. The van der Waals surface area contributed by atoms with E-state index in [0.717, 1.165) is 47.0 Å². The van der Waals surface area contributed by atoms with Gasteiger partial charge in [-0.05, 0) is 55.3 Å². The van der Waals surface area contributed by atoms with Gasteiger partial charge in [0.2, 0.25) is 5.95 Å². The van der Waals surface area contributed by atoms with E-state index in [2.05, 4.69) is 26.3 Å². The molecule has 5 aromatic rings. The molecule has 9 heteroatoms. The summed E-state index contributed by atoms with van der Waals surface area (Å²) in [4.78, 5) is 26.0. The van der Waals surface area contributed by atoms with Gasteiger partial charge in [-0.25, -0.2) is 9.97 Å². The second kappa shape index (κ2) is 9.74. The summed E-state index contributed by atoms with van der Waals surface area (Å²) in [6, 6.07) is 17.7. The Bertz CT molecular complexity index is 1640. The normalized spacial score (nSPS) is 15.9. The van der Waals surface area contributed by atoms with Gasteiger partial charge in [0.15, 0.2) is 5.65 Å². The van der Waals surface area contributed by atoms with Gasteiger partial charge in [-0.1, -0.05) is 36.4 Å². The van der Waals surface area contributed by atoms with Crippen LogP contribution in [0.1, 0.15) is 36.7 Å². The van der Waals surface area contributed by atoms with E-state index < -0.39 is 6.08 Å². The lowest BCUT2D eigenvalue weighted by atomic mass is 10.0. The van der Waals surface area contributed by atoms with Crippen molar-refractivity contribution in [2.75, 3.05) is 18.5 Å². The van der Waals surface area contributed by atoms with Crippen molar-refractivity contribution >= 4 is 27.9 Å². The van der Waals surface area contributed by atoms with Gasteiger partial charge in [-0.15, -0.1) is 0 Å². The molecule has 37 heavy (non-hydrogen) atoms. The second-order valence-electron chi connectivity index (χ2n) is 9.30. The summed E-state index contributed by atoms with van der Waals surface area (Å²) in [5.74, 6) is 0.548. The van der Waals surface area contributed by atoms with Gasteiger partial charge in [0.25, 0.3) is 5.56 Å². The summed E-state index contributed by atoms with van der Waals surface area (Å²) in [5.41, 5.74) is 3.52. The Labute approximate surface area is 212 Å². The molecule has 1 N–H and O–H groups in total. The third-order valence-corrected chi connectivity index (χ3v) is 6.86. The highest BCUT2D eigenvalue weighted by molar-refractivity contribution is 5.85. The van der Waals surface area contributed by atoms with Crippen molar-refractivity contribution in [2.24, 2.45) is 0 Å². The third-order valence-electron chi connectivity index (χ3n) is 6.86. The Kier molecular flexibility index (Phi) is 6.13. The molecule has 4 heterocycles. The first-order chi connectivity index (χ1) is 18.1. The first kappa shape index (κ1) is 23.3. The minimum atomic E-state index is -0.797. The number of aryl methyl sites for hydroxylation is 1. The number of rotatable bonds is 6. The molecule has 1 aliphatic rings. The van der Waals surface area contributed by atoms with Crippen molar-refractivity contribution < 1.29 is 9.13 Å². The summed E-state index contributed by atoms with van der Waals surface area (Å²) in [6.45, 7) is 3.09. The molecule has 8 nitrogen and oxygen atoms in total. The first-order valence-electron chi connectivity index (χ1n) is 12.6. The molecule has 0 radical (unpaired) electrons. The number of hydrogen-bond acceptors (Lipinski definition) is 6. The Hall–Kier alpha value is -4.11. The molecule has 6 rings (SSSR count). The summed E-state index contributed by atoms with van der Waals surface area (Å²) in [7, 11) is 0. The monoisotopic (exact) mass is 498 g/mol. The van der Waals surface area contributed by atoms with Crippen molar-refractivity contribution in [1.29, 1.82) is 0 Å². The van der Waals surface area contributed by atoms with Crippen molar-refractivity contribution in [2.45, 2.75) is 38.8 Å². The van der Waals surface area contributed by atoms with Gasteiger partial charge >= 0.3 is 6.08 Å². The number of nitrogens with zero attached hydrogens (tertiary/aromatic N) is 5. The highest BCUT2D eigenvalue weighted by atomic mass is 19.1. The van der Waals surface area contributed by atoms with Crippen molar-refractivity contribution in [3.8, 4) is 5.69 Å². The minimum Gasteiger partial charge on any atom is -0.358 e. The lowest BCUT2D eigenvalue weighted by molar-refractivity contribution is -0.0286. The van der Waals surface area contributed by atoms with Crippen LogP contribution in [0, 0.1) is 13.0 Å². The number of nitrogens with one attached hydrogen (secondary N) is 1. The molecule has 1 aliphatic heterocycles. The summed E-state index contributed by atoms with van der Waals surface area (Å²) >= 11 is 0. The predicted molar refractivity (Wildman–Crippen MR) is 141 cm³/mol. The maximum Gasteiger partial charge on any atom is 0.310 e. The topological polar surface area (TPSA) is 86.9 Å². The number of benzene rings is 2. The van der Waals surface area contributed by atoms with Gasteiger partial charge in [0.1, 0.15) is 11.7 Å². The molecule has 1 fully saturated rings. The average Bonchev–Trinajstić information content (AvgIpc) is 3.27. The Balaban J connectivity index is 1.36. The number of imidazole rings is 1. The highest BCUT2D eigenvalue weighted by Crippen LogP contribution is 2.30. The van der Waals surface area contributed by atoms with E-state index in [0.29, 0.717) is 36.7 Å². The standard InChI is InChI=1S/C28H27FN6O2/c1-18-8-7-9-19-16-21(34(26(36)24(18)19)20-10-3-2-4-11-20)13-14-30-28-32-22-17-31-27(29)33-25(22)35(28)23-12-5-6-15-37-23/h2-4,7-11,16-17,23H,5-6,12-15H2,1H3,(H,30,32). The molecule has 0 bridgehead atoms. The van der Waals surface area contributed by atoms with E-state index in [1.165, 1.54) is 6.20 Å². The summed E-state index contributed by atoms with van der Waals surface area (Å²) in [6.07, 6.45) is 3.67. The van der Waals surface area contributed by atoms with Crippen LogP contribution in [0.15, 0.2) is 65.6 Å². The van der Waals surface area contributed by atoms with Crippen LogP contribution in [0.5, 0.6) is 0 Å². The Morgan fingerprint density at radius 1 is 1.11 bits per heavy atom. The van der Waals surface area contributed by atoms with Crippen LogP contribution in [0.25, 0.3) is 27.6 Å². The molecule has 0 amide bonds. The van der Waals surface area contributed by atoms with Gasteiger partial charge in [-0.2, -0.15) is 9.37 Å². The fourth-order valence-corrected chi connectivity index (χ4v) is 5.13. The Morgan fingerprint density at radius 2 is 1.97 bits per heavy atom. The lowest BCUT2D eigenvalue weighted by Crippen LogP contribution is -2.25. The molecular formula is C28H27FN6O2. The van der Waals surface area contributed by atoms with Gasteiger partial charge in [0.05, 0.1) is 11.6 Å². The van der Waals surface area contributed by atoms with E-state index in [1.54, 1.807) is 4.57 Å². The van der Waals surface area contributed by atoms with Crippen molar-refractivity contribution in [3.63, 3.8) is 0 Å². The van der Waals surface area contributed by atoms with Crippen LogP contribution in [0.4, 0.5) is 10.3 Å². The molecule has 1 unspecified atom stereocenters. The third kappa shape index (κ3) is 4.35. The summed E-state index contributed by atoms with van der Waals surface area (Å²) < 4.78 is 23.5. The van der Waals surface area contributed by atoms with Gasteiger partial charge < -0.3 is 10.1 Å². The number of para-hydroxylation sites is 1. The van der Waals surface area contributed by atoms with Crippen LogP contribution >= 0.6 is 0 Å². The van der Waals surface area contributed by atoms with Crippen molar-refractivity contribution in [1.82, 2.24) is 24.1 Å². The summed E-state index contributed by atoms with van der Waals surface area (Å²) in [5, 5.41) is 5.03. The number of pyridine rings is 1. The van der Waals surface area contributed by atoms with E-state index >= 15 is 0 Å². The quantitative estimate of drug-likeness (QED) is 0.334. The predicted octanol–water partition coefficient (Wildman–Crippen LogP) is 4.93. The molecule has 1 saturated heterocycles. The molecule has 188 valence electrons. The molecule has 0 spiro atoms. The lowest BCUT2D eigenvalue weighted by Gasteiger charge is -2.25. The largest absolute Gasteiger partial charge is 0.358 e. The second-order valence-corrected chi connectivity index (χ2v) is 9.30. The average molecular weight is 499 g/mol. The van der Waals surface area contributed by atoms with Crippen LogP contribution in [0.2, 0.25) is 0 Å². The molecule has 0 saturated carbocycles. The number of anilines is 1. The zero-order chi connectivity index (χ0) is 25.4. The Morgan fingerprint density at radius 3 is 2.78 bits per heavy atom. The van der Waals surface area contributed by atoms with E-state index in [1.807, 2.05) is 60.0 Å². The molecule has 2 aromatic carbocycles. The molecular weight excluding hydrogens is 471 g/mol. The zero-order valence-corrected chi connectivity index (χ0v) is 20.5. The zero-order valence-electron chi connectivity index (χ0n) is 20.5. The highest BCUT2D eigenvalue weighted by Gasteiger charge is 2.24. The van der Waals surface area contributed by atoms with Crippen LogP contribution in [-0.4, -0.2) is 37.2 Å². The van der Waals surface area contributed by atoms with Crippen LogP contribution in [0.3, 0.4) is 0 Å². The smallest absolute Gasteiger partial charge is 0.310 e. The fraction of sp³-hybridized carbons (Fsp3) is 0.286. The number of halogens is 1. The number of aromatic nitrogens is 5. The van der Waals surface area contributed by atoms with Gasteiger partial charge in [0, 0.05) is 31.0 Å².